The van der Waals surface area contributed by atoms with E-state index in [1.807, 2.05) is 0 Å². The van der Waals surface area contributed by atoms with Gasteiger partial charge in [0.1, 0.15) is 0 Å². The van der Waals surface area contributed by atoms with Gasteiger partial charge in [0.15, 0.2) is 0 Å². The zero-order valence-electron chi connectivity index (χ0n) is 17.8. The Morgan fingerprint density at radius 2 is 1.56 bits per heavy atom. The molecule has 0 aliphatic rings. The van der Waals surface area contributed by atoms with E-state index in [0.717, 1.165) is 24.3 Å². The number of rotatable bonds is 6. The first-order valence-electron chi connectivity index (χ1n) is 9.61. The summed E-state index contributed by atoms with van der Waals surface area (Å²) in [4.78, 5) is 12.4. The lowest BCUT2D eigenvalue weighted by molar-refractivity contribution is -0.138. The van der Waals surface area contributed by atoms with Crippen LogP contribution in [0, 0.1) is 0 Å². The predicted molar refractivity (Wildman–Crippen MR) is 121 cm³/mol. The van der Waals surface area contributed by atoms with Crippen LogP contribution in [0.2, 0.25) is 15.1 Å². The maximum Gasteiger partial charge on any atom is 0.417 e. The van der Waals surface area contributed by atoms with Crippen molar-refractivity contribution in [3.63, 3.8) is 0 Å². The number of alkyl halides is 6. The van der Waals surface area contributed by atoms with Crippen LogP contribution in [-0.4, -0.2) is 24.2 Å². The summed E-state index contributed by atoms with van der Waals surface area (Å²) in [6, 6.07) is 4.62. The second kappa shape index (κ2) is 10.4. The van der Waals surface area contributed by atoms with E-state index in [0.29, 0.717) is 12.1 Å². The molecule has 0 saturated carbocycles. The van der Waals surface area contributed by atoms with Gasteiger partial charge in [-0.3, -0.25) is 4.79 Å². The van der Waals surface area contributed by atoms with Crippen molar-refractivity contribution in [2.75, 3.05) is 6.54 Å². The molecule has 0 atom stereocenters. The molecule has 2 aromatic rings. The first kappa shape index (κ1) is 28.3. The summed E-state index contributed by atoms with van der Waals surface area (Å²) in [7, 11) is 0. The summed E-state index contributed by atoms with van der Waals surface area (Å²) in [5.74, 6) is -1.01. The Bertz CT molecular complexity index is 1090. The lowest BCUT2D eigenvalue weighted by atomic mass is 9.97. The quantitative estimate of drug-likeness (QED) is 0.294. The maximum absolute atomic E-state index is 13.7. The molecule has 12 heteroatoms. The number of carbonyl (C=O) groups excluding carboxylic acids is 1. The lowest BCUT2D eigenvalue weighted by Crippen LogP contribution is -2.49. The number of nitrogens with two attached hydrogens (primary N) is 1. The first-order valence-corrected chi connectivity index (χ1v) is 10.7. The van der Waals surface area contributed by atoms with Crippen LogP contribution < -0.4 is 11.1 Å². The molecule has 1 amide bonds. The highest BCUT2D eigenvalue weighted by molar-refractivity contribution is 6.48. The van der Waals surface area contributed by atoms with Crippen LogP contribution in [0.4, 0.5) is 26.3 Å². The van der Waals surface area contributed by atoms with Crippen molar-refractivity contribution >= 4 is 46.3 Å². The van der Waals surface area contributed by atoms with Gasteiger partial charge < -0.3 is 11.1 Å². The Kier molecular flexibility index (Phi) is 8.62. The molecule has 0 aliphatic heterocycles. The minimum atomic E-state index is -4.93. The van der Waals surface area contributed by atoms with Crippen molar-refractivity contribution in [2.45, 2.75) is 38.2 Å². The van der Waals surface area contributed by atoms with E-state index >= 15 is 0 Å². The van der Waals surface area contributed by atoms with Gasteiger partial charge in [0, 0.05) is 12.1 Å². The molecule has 0 unspecified atom stereocenters. The Morgan fingerprint density at radius 3 is 2.03 bits per heavy atom. The van der Waals surface area contributed by atoms with E-state index in [2.05, 4.69) is 5.32 Å². The molecule has 0 aliphatic carbocycles. The van der Waals surface area contributed by atoms with Crippen LogP contribution in [0.5, 0.6) is 0 Å². The van der Waals surface area contributed by atoms with Crippen molar-refractivity contribution in [3.8, 4) is 0 Å². The van der Waals surface area contributed by atoms with Crippen LogP contribution >= 0.6 is 34.8 Å². The van der Waals surface area contributed by atoms with Crippen LogP contribution in [0.15, 0.2) is 36.4 Å². The SMILES string of the molecule is CC(C)(CN)NC(=O)c1ccc(CC=C(c2cc(Cl)c(Cl)c(Cl)c2)C(F)(F)F)cc1C(F)(F)F. The zero-order chi connectivity index (χ0) is 26.1. The first-order chi connectivity index (χ1) is 15.5. The monoisotopic (exact) mass is 546 g/mol. The van der Waals surface area contributed by atoms with Crippen molar-refractivity contribution in [2.24, 2.45) is 5.73 Å². The van der Waals surface area contributed by atoms with E-state index in [4.69, 9.17) is 40.5 Å². The number of benzene rings is 2. The van der Waals surface area contributed by atoms with Gasteiger partial charge in [0.2, 0.25) is 0 Å². The van der Waals surface area contributed by atoms with Crippen molar-refractivity contribution in [1.82, 2.24) is 5.32 Å². The van der Waals surface area contributed by atoms with Gasteiger partial charge in [-0.15, -0.1) is 0 Å². The minimum Gasteiger partial charge on any atom is -0.346 e. The summed E-state index contributed by atoms with van der Waals surface area (Å²) < 4.78 is 81.9. The molecule has 34 heavy (non-hydrogen) atoms. The van der Waals surface area contributed by atoms with Gasteiger partial charge in [-0.1, -0.05) is 46.9 Å². The van der Waals surface area contributed by atoms with Crippen LogP contribution in [0.25, 0.3) is 5.57 Å². The summed E-state index contributed by atoms with van der Waals surface area (Å²) >= 11 is 17.4. The third-order valence-electron chi connectivity index (χ3n) is 4.74. The fourth-order valence-corrected chi connectivity index (χ4v) is 3.50. The van der Waals surface area contributed by atoms with E-state index in [9.17, 15) is 31.1 Å². The third-order valence-corrected chi connectivity index (χ3v) is 5.94. The summed E-state index contributed by atoms with van der Waals surface area (Å²) in [5, 5.41) is 1.84. The minimum absolute atomic E-state index is 0.0259. The number of nitrogens with one attached hydrogen (secondary N) is 1. The number of amides is 1. The van der Waals surface area contributed by atoms with Crippen LogP contribution in [0.3, 0.4) is 0 Å². The van der Waals surface area contributed by atoms with E-state index < -0.39 is 52.5 Å². The molecular formula is C22H19Cl3F6N2O. The second-order valence-electron chi connectivity index (χ2n) is 7.99. The Balaban J connectivity index is 2.50. The molecule has 0 fully saturated rings. The summed E-state index contributed by atoms with van der Waals surface area (Å²) in [6.45, 7) is 3.04. The van der Waals surface area contributed by atoms with Crippen LogP contribution in [-0.2, 0) is 12.6 Å². The predicted octanol–water partition coefficient (Wildman–Crippen LogP) is 7.32. The fraction of sp³-hybridized carbons (Fsp3) is 0.318. The van der Waals surface area contributed by atoms with E-state index in [1.165, 1.54) is 13.8 Å². The van der Waals surface area contributed by atoms with Gasteiger partial charge in [0.05, 0.1) is 31.8 Å². The van der Waals surface area contributed by atoms with E-state index in [-0.39, 0.29) is 27.2 Å². The summed E-state index contributed by atoms with van der Waals surface area (Å²) in [6.07, 6.45) is -9.60. The number of allylic oxidation sites excluding steroid dienone is 2. The molecule has 0 radical (unpaired) electrons. The van der Waals surface area contributed by atoms with Crippen molar-refractivity contribution in [1.29, 1.82) is 0 Å². The Labute approximate surface area is 206 Å². The Morgan fingerprint density at radius 1 is 1.00 bits per heavy atom. The van der Waals surface area contributed by atoms with Gasteiger partial charge >= 0.3 is 12.4 Å². The number of halogens is 9. The molecule has 0 bridgehead atoms. The second-order valence-corrected chi connectivity index (χ2v) is 9.19. The van der Waals surface area contributed by atoms with Gasteiger partial charge in [-0.05, 0) is 55.7 Å². The van der Waals surface area contributed by atoms with Gasteiger partial charge in [-0.25, -0.2) is 0 Å². The number of hydrogen-bond donors (Lipinski definition) is 2. The molecule has 3 N–H and O–H groups in total. The summed E-state index contributed by atoms with van der Waals surface area (Å²) in [5.41, 5.74) is 0.915. The molecule has 2 aromatic carbocycles. The topological polar surface area (TPSA) is 55.1 Å². The molecule has 2 rings (SSSR count). The maximum atomic E-state index is 13.7. The molecule has 186 valence electrons. The van der Waals surface area contributed by atoms with Crippen molar-refractivity contribution in [3.05, 3.63) is 73.7 Å². The largest absolute Gasteiger partial charge is 0.417 e. The van der Waals surface area contributed by atoms with Gasteiger partial charge in [0.25, 0.3) is 5.91 Å². The highest BCUT2D eigenvalue weighted by Crippen LogP contribution is 2.40. The highest BCUT2D eigenvalue weighted by atomic mass is 35.5. The fourth-order valence-electron chi connectivity index (χ4n) is 2.90. The average Bonchev–Trinajstić information content (AvgIpc) is 2.70. The smallest absolute Gasteiger partial charge is 0.346 e. The van der Waals surface area contributed by atoms with Gasteiger partial charge in [-0.2, -0.15) is 26.3 Å². The van der Waals surface area contributed by atoms with Crippen LogP contribution in [0.1, 0.15) is 40.9 Å². The molecule has 0 aromatic heterocycles. The lowest BCUT2D eigenvalue weighted by Gasteiger charge is -2.25. The number of carbonyl (C=O) groups is 1. The number of hydrogen-bond acceptors (Lipinski definition) is 2. The molecule has 0 spiro atoms. The van der Waals surface area contributed by atoms with E-state index in [1.54, 1.807) is 0 Å². The normalized spacial score (nSPS) is 13.2. The molecule has 0 heterocycles. The van der Waals surface area contributed by atoms with Crippen molar-refractivity contribution < 1.29 is 31.1 Å². The zero-order valence-corrected chi connectivity index (χ0v) is 20.0. The standard InChI is InChI=1S/C22H19Cl3F6N2O/c1-20(2,10-32)33-19(34)13-5-3-11(7-15(13)22(29,30)31)4-6-14(21(26,27)28)12-8-16(23)18(25)17(24)9-12/h3,5-9H,4,10,32H2,1-2H3,(H,33,34). The average molecular weight is 548 g/mol. The molecule has 3 nitrogen and oxygen atoms in total. The highest BCUT2D eigenvalue weighted by Gasteiger charge is 2.37. The molecule has 0 saturated heterocycles. The Hall–Kier alpha value is -1.94. The molecular weight excluding hydrogens is 529 g/mol. The third kappa shape index (κ3) is 7.04.